The van der Waals surface area contributed by atoms with Crippen LogP contribution >= 0.6 is 0 Å². The fourth-order valence-corrected chi connectivity index (χ4v) is 3.90. The molecule has 0 spiro atoms. The molecule has 4 aromatic rings. The van der Waals surface area contributed by atoms with Crippen molar-refractivity contribution in [1.82, 2.24) is 0 Å². The number of anilines is 2. The van der Waals surface area contributed by atoms with Crippen LogP contribution in [0.5, 0.6) is 17.2 Å². The van der Waals surface area contributed by atoms with E-state index < -0.39 is 17.8 Å². The molecular formula is C29H20N2O6. The van der Waals surface area contributed by atoms with Gasteiger partial charge in [-0.15, -0.1) is 0 Å². The summed E-state index contributed by atoms with van der Waals surface area (Å²) >= 11 is 0. The summed E-state index contributed by atoms with van der Waals surface area (Å²) in [5.74, 6) is -0.504. The lowest BCUT2D eigenvalue weighted by Crippen LogP contribution is -2.29. The summed E-state index contributed by atoms with van der Waals surface area (Å²) in [6, 6.07) is 26.2. The maximum absolute atomic E-state index is 13.2. The normalized spacial score (nSPS) is 12.2. The van der Waals surface area contributed by atoms with Crippen molar-refractivity contribution in [3.05, 3.63) is 114 Å². The molecule has 37 heavy (non-hydrogen) atoms. The SMILES string of the molecule is CC(=O)Nc1cccc(Oc2ccc3c(c2)C(=O)N(c2ccc(C(=O)Oc4ccccc4)cc2)C3=O)c1. The van der Waals surface area contributed by atoms with Gasteiger partial charge in [-0.3, -0.25) is 14.4 Å². The molecule has 5 rings (SSSR count). The number of ether oxygens (including phenoxy) is 2. The number of esters is 1. The Morgan fingerprint density at radius 3 is 2.11 bits per heavy atom. The highest BCUT2D eigenvalue weighted by molar-refractivity contribution is 6.34. The van der Waals surface area contributed by atoms with Gasteiger partial charge in [-0.1, -0.05) is 24.3 Å². The van der Waals surface area contributed by atoms with E-state index >= 15 is 0 Å². The highest BCUT2D eigenvalue weighted by Crippen LogP contribution is 2.33. The van der Waals surface area contributed by atoms with Crippen molar-refractivity contribution in [2.24, 2.45) is 0 Å². The van der Waals surface area contributed by atoms with Gasteiger partial charge >= 0.3 is 5.97 Å². The molecule has 4 aromatic carbocycles. The number of hydrogen-bond donors (Lipinski definition) is 1. The Morgan fingerprint density at radius 2 is 1.38 bits per heavy atom. The lowest BCUT2D eigenvalue weighted by Gasteiger charge is -2.14. The number of nitrogens with zero attached hydrogens (tertiary/aromatic N) is 1. The maximum Gasteiger partial charge on any atom is 0.343 e. The molecule has 8 heteroatoms. The van der Waals surface area contributed by atoms with Crippen LogP contribution < -0.4 is 19.7 Å². The number of amides is 3. The van der Waals surface area contributed by atoms with Gasteiger partial charge in [0.05, 0.1) is 22.4 Å². The largest absolute Gasteiger partial charge is 0.457 e. The van der Waals surface area contributed by atoms with Crippen LogP contribution in [0.2, 0.25) is 0 Å². The van der Waals surface area contributed by atoms with Crippen LogP contribution in [0.15, 0.2) is 97.1 Å². The molecule has 0 fully saturated rings. The van der Waals surface area contributed by atoms with Crippen LogP contribution in [-0.4, -0.2) is 23.7 Å². The molecule has 8 nitrogen and oxygen atoms in total. The second-order valence-corrected chi connectivity index (χ2v) is 8.21. The number of imide groups is 1. The Kier molecular flexibility index (Phi) is 6.22. The van der Waals surface area contributed by atoms with Crippen LogP contribution in [-0.2, 0) is 4.79 Å². The summed E-state index contributed by atoms with van der Waals surface area (Å²) < 4.78 is 11.2. The average molecular weight is 492 g/mol. The van der Waals surface area contributed by atoms with Crippen molar-refractivity contribution < 1.29 is 28.7 Å². The predicted octanol–water partition coefficient (Wildman–Crippen LogP) is 5.46. The first-order valence-corrected chi connectivity index (χ1v) is 11.3. The van der Waals surface area contributed by atoms with Gasteiger partial charge in [-0.25, -0.2) is 9.69 Å². The van der Waals surface area contributed by atoms with Crippen molar-refractivity contribution in [2.75, 3.05) is 10.2 Å². The van der Waals surface area contributed by atoms with E-state index in [1.165, 1.54) is 43.3 Å². The first kappa shape index (κ1) is 23.5. The van der Waals surface area contributed by atoms with Crippen LogP contribution in [0.4, 0.5) is 11.4 Å². The quantitative estimate of drug-likeness (QED) is 0.218. The molecule has 1 heterocycles. The number of rotatable bonds is 6. The number of fused-ring (bicyclic) bond motifs is 1. The van der Waals surface area contributed by atoms with E-state index in [2.05, 4.69) is 5.32 Å². The highest BCUT2D eigenvalue weighted by Gasteiger charge is 2.37. The molecule has 0 unspecified atom stereocenters. The van der Waals surface area contributed by atoms with Crippen molar-refractivity contribution in [3.63, 3.8) is 0 Å². The van der Waals surface area contributed by atoms with Gasteiger partial charge < -0.3 is 14.8 Å². The Bertz CT molecular complexity index is 1530. The van der Waals surface area contributed by atoms with Crippen molar-refractivity contribution >= 4 is 35.1 Å². The van der Waals surface area contributed by atoms with Crippen molar-refractivity contribution in [1.29, 1.82) is 0 Å². The smallest absolute Gasteiger partial charge is 0.343 e. The molecule has 1 aliphatic rings. The number of nitrogens with one attached hydrogen (secondary N) is 1. The second kappa shape index (κ2) is 9.79. The third-order valence-electron chi connectivity index (χ3n) is 5.56. The molecule has 0 saturated carbocycles. The minimum atomic E-state index is -0.551. The number of benzene rings is 4. The third-order valence-corrected chi connectivity index (χ3v) is 5.56. The van der Waals surface area contributed by atoms with E-state index in [1.807, 2.05) is 6.07 Å². The van der Waals surface area contributed by atoms with Gasteiger partial charge in [-0.05, 0) is 66.7 Å². The zero-order valence-corrected chi connectivity index (χ0v) is 19.6. The maximum atomic E-state index is 13.2. The number of para-hydroxylation sites is 1. The summed E-state index contributed by atoms with van der Waals surface area (Å²) in [6.07, 6.45) is 0. The van der Waals surface area contributed by atoms with E-state index in [-0.39, 0.29) is 22.6 Å². The number of carbonyl (C=O) groups excluding carboxylic acids is 4. The van der Waals surface area contributed by atoms with Crippen LogP contribution in [0, 0.1) is 0 Å². The van der Waals surface area contributed by atoms with Gasteiger partial charge in [0, 0.05) is 18.7 Å². The molecule has 0 aromatic heterocycles. The Morgan fingerprint density at radius 1 is 0.703 bits per heavy atom. The Hall–Kier alpha value is -5.24. The minimum Gasteiger partial charge on any atom is -0.457 e. The van der Waals surface area contributed by atoms with E-state index in [1.54, 1.807) is 54.6 Å². The van der Waals surface area contributed by atoms with Gasteiger partial charge in [0.25, 0.3) is 11.8 Å². The topological polar surface area (TPSA) is 102 Å². The summed E-state index contributed by atoms with van der Waals surface area (Å²) in [5, 5.41) is 2.68. The number of hydrogen-bond acceptors (Lipinski definition) is 6. The fourth-order valence-electron chi connectivity index (χ4n) is 3.90. The zero-order chi connectivity index (χ0) is 25.9. The Labute approximate surface area is 212 Å². The first-order chi connectivity index (χ1) is 17.9. The lowest BCUT2D eigenvalue weighted by atomic mass is 10.1. The van der Waals surface area contributed by atoms with E-state index in [0.29, 0.717) is 28.6 Å². The molecule has 0 radical (unpaired) electrons. The predicted molar refractivity (Wildman–Crippen MR) is 136 cm³/mol. The Balaban J connectivity index is 1.33. The van der Waals surface area contributed by atoms with Gasteiger partial charge in [0.1, 0.15) is 17.2 Å². The monoisotopic (exact) mass is 492 g/mol. The molecule has 0 saturated heterocycles. The molecule has 0 atom stereocenters. The average Bonchev–Trinajstić information content (AvgIpc) is 3.13. The van der Waals surface area contributed by atoms with Gasteiger partial charge in [-0.2, -0.15) is 0 Å². The van der Waals surface area contributed by atoms with Crippen molar-refractivity contribution in [2.45, 2.75) is 6.92 Å². The summed E-state index contributed by atoms with van der Waals surface area (Å²) in [7, 11) is 0. The van der Waals surface area contributed by atoms with Gasteiger partial charge in [0.2, 0.25) is 5.91 Å². The molecule has 182 valence electrons. The number of carbonyl (C=O) groups is 4. The standard InChI is InChI=1S/C29H20N2O6/c1-18(32)30-20-6-5-9-23(16-20)36-24-14-15-25-26(17-24)28(34)31(27(25)33)21-12-10-19(11-13-21)29(35)37-22-7-3-2-4-8-22/h2-17H,1H3,(H,30,32). The molecule has 0 bridgehead atoms. The summed E-state index contributed by atoms with van der Waals surface area (Å²) in [4.78, 5) is 50.9. The summed E-state index contributed by atoms with van der Waals surface area (Å²) in [6.45, 7) is 1.41. The fraction of sp³-hybridized carbons (Fsp3) is 0.0345. The first-order valence-electron chi connectivity index (χ1n) is 11.3. The van der Waals surface area contributed by atoms with E-state index in [9.17, 15) is 19.2 Å². The molecule has 1 aliphatic heterocycles. The van der Waals surface area contributed by atoms with E-state index in [0.717, 1.165) is 4.90 Å². The summed E-state index contributed by atoms with van der Waals surface area (Å²) in [5.41, 5.74) is 1.62. The lowest BCUT2D eigenvalue weighted by molar-refractivity contribution is -0.114. The van der Waals surface area contributed by atoms with Crippen LogP contribution in [0.25, 0.3) is 0 Å². The molecule has 0 aliphatic carbocycles. The van der Waals surface area contributed by atoms with E-state index in [4.69, 9.17) is 9.47 Å². The zero-order valence-electron chi connectivity index (χ0n) is 19.6. The van der Waals surface area contributed by atoms with Crippen molar-refractivity contribution in [3.8, 4) is 17.2 Å². The van der Waals surface area contributed by atoms with Crippen LogP contribution in [0.3, 0.4) is 0 Å². The third kappa shape index (κ3) is 4.94. The minimum absolute atomic E-state index is 0.202. The van der Waals surface area contributed by atoms with Gasteiger partial charge in [0.15, 0.2) is 0 Å². The molecule has 3 amide bonds. The van der Waals surface area contributed by atoms with Crippen LogP contribution in [0.1, 0.15) is 38.0 Å². The highest BCUT2D eigenvalue weighted by atomic mass is 16.5. The molecular weight excluding hydrogens is 472 g/mol. The second-order valence-electron chi connectivity index (χ2n) is 8.21. The molecule has 1 N–H and O–H groups in total.